The van der Waals surface area contributed by atoms with Crippen LogP contribution in [0.3, 0.4) is 0 Å². The van der Waals surface area contributed by atoms with Gasteiger partial charge >= 0.3 is 0 Å². The van der Waals surface area contributed by atoms with Crippen molar-refractivity contribution in [3.05, 3.63) is 22.4 Å². The Morgan fingerprint density at radius 2 is 2.31 bits per heavy atom. The second-order valence-corrected chi connectivity index (χ2v) is 3.81. The first-order chi connectivity index (χ1) is 6.24. The lowest BCUT2D eigenvalue weighted by atomic mass is 10.3. The number of rotatable bonds is 4. The quantitative estimate of drug-likeness (QED) is 0.758. The molecule has 0 aliphatic heterocycles. The minimum atomic E-state index is 0.776. The second kappa shape index (κ2) is 5.22. The molecule has 0 aromatic carbocycles. The van der Waals surface area contributed by atoms with Gasteiger partial charge in [0.1, 0.15) is 5.75 Å². The number of aryl methyl sites for hydroxylation is 1. The molecule has 1 aromatic heterocycles. The normalized spacial score (nSPS) is 10.1. The monoisotopic (exact) mass is 243 g/mol. The fraction of sp³-hybridized carbons (Fsp3) is 0.500. The maximum atomic E-state index is 5.57. The summed E-state index contributed by atoms with van der Waals surface area (Å²) in [6.07, 6.45) is 4.02. The van der Waals surface area contributed by atoms with Gasteiger partial charge in [-0.2, -0.15) is 0 Å². The zero-order valence-corrected chi connectivity index (χ0v) is 9.60. The van der Waals surface area contributed by atoms with E-state index in [0.717, 1.165) is 35.4 Å². The van der Waals surface area contributed by atoms with Crippen molar-refractivity contribution in [2.45, 2.75) is 26.7 Å². The lowest BCUT2D eigenvalue weighted by Crippen LogP contribution is -1.98. The maximum Gasteiger partial charge on any atom is 0.136 e. The van der Waals surface area contributed by atoms with E-state index in [-0.39, 0.29) is 0 Å². The van der Waals surface area contributed by atoms with Crippen molar-refractivity contribution in [1.82, 2.24) is 4.98 Å². The van der Waals surface area contributed by atoms with Crippen LogP contribution in [0.2, 0.25) is 0 Å². The van der Waals surface area contributed by atoms with Crippen LogP contribution in [0.5, 0.6) is 5.75 Å². The number of ether oxygens (including phenoxy) is 1. The molecule has 13 heavy (non-hydrogen) atoms. The fourth-order valence-corrected chi connectivity index (χ4v) is 1.29. The van der Waals surface area contributed by atoms with Crippen LogP contribution in [0.1, 0.15) is 25.5 Å². The van der Waals surface area contributed by atoms with Crippen LogP contribution < -0.4 is 4.74 Å². The van der Waals surface area contributed by atoms with Gasteiger partial charge in [-0.05, 0) is 29.3 Å². The number of halogens is 1. The first-order valence-electron chi connectivity index (χ1n) is 4.49. The van der Waals surface area contributed by atoms with Crippen molar-refractivity contribution >= 4 is 15.9 Å². The van der Waals surface area contributed by atoms with Crippen molar-refractivity contribution in [2.75, 3.05) is 6.61 Å². The van der Waals surface area contributed by atoms with E-state index in [1.165, 1.54) is 0 Å². The van der Waals surface area contributed by atoms with Crippen LogP contribution >= 0.6 is 15.9 Å². The number of unbranched alkanes of at least 4 members (excludes halogenated alkanes) is 1. The number of pyridine rings is 1. The van der Waals surface area contributed by atoms with Crippen molar-refractivity contribution < 1.29 is 4.74 Å². The lowest BCUT2D eigenvalue weighted by Gasteiger charge is -2.07. The minimum Gasteiger partial charge on any atom is -0.492 e. The van der Waals surface area contributed by atoms with Gasteiger partial charge in [0.15, 0.2) is 0 Å². The van der Waals surface area contributed by atoms with Crippen molar-refractivity contribution in [3.8, 4) is 5.75 Å². The Kier molecular flexibility index (Phi) is 4.22. The average molecular weight is 244 g/mol. The largest absolute Gasteiger partial charge is 0.492 e. The van der Waals surface area contributed by atoms with Crippen LogP contribution in [0.4, 0.5) is 0 Å². The van der Waals surface area contributed by atoms with Crippen LogP contribution in [0, 0.1) is 6.92 Å². The van der Waals surface area contributed by atoms with E-state index in [4.69, 9.17) is 4.74 Å². The Balaban J connectivity index is 2.59. The number of hydrogen-bond donors (Lipinski definition) is 0. The summed E-state index contributed by atoms with van der Waals surface area (Å²) in [6, 6.07) is 1.94. The van der Waals surface area contributed by atoms with Crippen LogP contribution in [0.15, 0.2) is 16.7 Å². The van der Waals surface area contributed by atoms with Crippen LogP contribution in [-0.2, 0) is 0 Å². The van der Waals surface area contributed by atoms with Gasteiger partial charge in [0, 0.05) is 18.0 Å². The third-order valence-electron chi connectivity index (χ3n) is 1.71. The molecule has 0 aliphatic carbocycles. The van der Waals surface area contributed by atoms with Crippen LogP contribution in [-0.4, -0.2) is 11.6 Å². The predicted octanol–water partition coefficient (Wildman–Crippen LogP) is 3.33. The summed E-state index contributed by atoms with van der Waals surface area (Å²) in [7, 11) is 0. The summed E-state index contributed by atoms with van der Waals surface area (Å²) < 4.78 is 6.50. The molecule has 0 aliphatic rings. The number of nitrogens with zero attached hydrogens (tertiary/aromatic N) is 1. The zero-order valence-electron chi connectivity index (χ0n) is 8.01. The molecule has 0 N–H and O–H groups in total. The van der Waals surface area contributed by atoms with Gasteiger partial charge in [-0.1, -0.05) is 13.3 Å². The molecule has 0 unspecified atom stereocenters. The molecule has 0 atom stereocenters. The Bertz CT molecular complexity index is 276. The minimum absolute atomic E-state index is 0.776. The SMILES string of the molecule is CCCCOc1cc(C)ncc1Br. The third kappa shape index (κ3) is 3.35. The molecule has 1 aromatic rings. The highest BCUT2D eigenvalue weighted by Gasteiger charge is 2.00. The summed E-state index contributed by atoms with van der Waals surface area (Å²) >= 11 is 3.40. The summed E-state index contributed by atoms with van der Waals surface area (Å²) in [6.45, 7) is 4.88. The first kappa shape index (κ1) is 10.5. The zero-order chi connectivity index (χ0) is 9.68. The van der Waals surface area contributed by atoms with E-state index in [1.54, 1.807) is 6.20 Å². The fourth-order valence-electron chi connectivity index (χ4n) is 0.955. The second-order valence-electron chi connectivity index (χ2n) is 2.96. The van der Waals surface area contributed by atoms with Gasteiger partial charge in [-0.25, -0.2) is 0 Å². The summed E-state index contributed by atoms with van der Waals surface area (Å²) in [4.78, 5) is 4.14. The summed E-state index contributed by atoms with van der Waals surface area (Å²) in [5.41, 5.74) is 0.981. The Morgan fingerprint density at radius 3 is 3.00 bits per heavy atom. The standard InChI is InChI=1S/C10H14BrNO/c1-3-4-5-13-10-6-8(2)12-7-9(10)11/h6-7H,3-5H2,1-2H3. The van der Waals surface area contributed by atoms with Gasteiger partial charge < -0.3 is 4.74 Å². The molecular formula is C10H14BrNO. The van der Waals surface area contributed by atoms with Crippen molar-refractivity contribution in [2.24, 2.45) is 0 Å². The van der Waals surface area contributed by atoms with Gasteiger partial charge in [-0.3, -0.25) is 4.98 Å². The smallest absolute Gasteiger partial charge is 0.136 e. The molecule has 2 nitrogen and oxygen atoms in total. The highest BCUT2D eigenvalue weighted by atomic mass is 79.9. The summed E-state index contributed by atoms with van der Waals surface area (Å²) in [5.74, 6) is 0.890. The molecule has 3 heteroatoms. The molecule has 1 heterocycles. The highest BCUT2D eigenvalue weighted by molar-refractivity contribution is 9.10. The van der Waals surface area contributed by atoms with E-state index >= 15 is 0 Å². The average Bonchev–Trinajstić information content (AvgIpc) is 2.11. The Morgan fingerprint density at radius 1 is 1.54 bits per heavy atom. The van der Waals surface area contributed by atoms with Gasteiger partial charge in [0.2, 0.25) is 0 Å². The first-order valence-corrected chi connectivity index (χ1v) is 5.28. The van der Waals surface area contributed by atoms with Gasteiger partial charge in [0.25, 0.3) is 0 Å². The topological polar surface area (TPSA) is 22.1 Å². The number of hydrogen-bond acceptors (Lipinski definition) is 2. The van der Waals surface area contributed by atoms with E-state index in [9.17, 15) is 0 Å². The van der Waals surface area contributed by atoms with Gasteiger partial charge in [0.05, 0.1) is 11.1 Å². The molecule has 1 rings (SSSR count). The Labute approximate surface area is 87.5 Å². The van der Waals surface area contributed by atoms with E-state index in [2.05, 4.69) is 27.8 Å². The van der Waals surface area contributed by atoms with E-state index < -0.39 is 0 Å². The molecule has 0 fully saturated rings. The molecule has 0 spiro atoms. The molecule has 0 bridgehead atoms. The maximum absolute atomic E-state index is 5.57. The molecule has 0 saturated carbocycles. The molecule has 0 amide bonds. The third-order valence-corrected chi connectivity index (χ3v) is 2.31. The van der Waals surface area contributed by atoms with Crippen LogP contribution in [0.25, 0.3) is 0 Å². The van der Waals surface area contributed by atoms with Crippen molar-refractivity contribution in [1.29, 1.82) is 0 Å². The predicted molar refractivity (Wildman–Crippen MR) is 57.1 cm³/mol. The van der Waals surface area contributed by atoms with Crippen molar-refractivity contribution in [3.63, 3.8) is 0 Å². The highest BCUT2D eigenvalue weighted by Crippen LogP contribution is 2.24. The molecule has 72 valence electrons. The molecular weight excluding hydrogens is 230 g/mol. The number of aromatic nitrogens is 1. The summed E-state index contributed by atoms with van der Waals surface area (Å²) in [5, 5.41) is 0. The Hall–Kier alpha value is -0.570. The van der Waals surface area contributed by atoms with E-state index in [1.807, 2.05) is 13.0 Å². The molecule has 0 saturated heterocycles. The van der Waals surface area contributed by atoms with E-state index in [0.29, 0.717) is 0 Å². The van der Waals surface area contributed by atoms with Gasteiger partial charge in [-0.15, -0.1) is 0 Å². The molecule has 0 radical (unpaired) electrons. The lowest BCUT2D eigenvalue weighted by molar-refractivity contribution is 0.307.